The second-order valence-corrected chi connectivity index (χ2v) is 5.30. The third-order valence-corrected chi connectivity index (χ3v) is 4.30. The Kier molecular flexibility index (Phi) is 4.36. The van der Waals surface area contributed by atoms with Gasteiger partial charge in [-0.25, -0.2) is 0 Å². The molecule has 3 nitrogen and oxygen atoms in total. The highest BCUT2D eigenvalue weighted by Crippen LogP contribution is 2.26. The lowest BCUT2D eigenvalue weighted by Gasteiger charge is -2.47. The van der Waals surface area contributed by atoms with Gasteiger partial charge in [0.1, 0.15) is 0 Å². The minimum absolute atomic E-state index is 0.309. The molecule has 2 heterocycles. The Labute approximate surface area is 111 Å². The lowest BCUT2D eigenvalue weighted by molar-refractivity contribution is 0.0436. The third-order valence-electron chi connectivity index (χ3n) is 4.30. The summed E-state index contributed by atoms with van der Waals surface area (Å²) in [6.07, 6.45) is 2.39. The van der Waals surface area contributed by atoms with Crippen molar-refractivity contribution in [3.05, 3.63) is 29.6 Å². The fourth-order valence-electron chi connectivity index (χ4n) is 2.96. The summed E-state index contributed by atoms with van der Waals surface area (Å²) in [5.41, 5.74) is 2.62. The zero-order valence-corrected chi connectivity index (χ0v) is 11.9. The minimum atomic E-state index is 0.309. The Morgan fingerprint density at radius 3 is 2.78 bits per heavy atom. The van der Waals surface area contributed by atoms with Crippen LogP contribution in [0.1, 0.15) is 38.1 Å². The van der Waals surface area contributed by atoms with Gasteiger partial charge in [0.25, 0.3) is 0 Å². The lowest BCUT2D eigenvalue weighted by Crippen LogP contribution is -2.60. The van der Waals surface area contributed by atoms with Crippen molar-refractivity contribution in [1.29, 1.82) is 0 Å². The minimum Gasteiger partial charge on any atom is -0.314 e. The van der Waals surface area contributed by atoms with E-state index < -0.39 is 0 Å². The van der Waals surface area contributed by atoms with Crippen molar-refractivity contribution >= 4 is 0 Å². The Morgan fingerprint density at radius 1 is 1.33 bits per heavy atom. The molecule has 100 valence electrons. The van der Waals surface area contributed by atoms with Crippen LogP contribution in [0.3, 0.4) is 0 Å². The van der Waals surface area contributed by atoms with Gasteiger partial charge >= 0.3 is 0 Å². The molecule has 1 aromatic heterocycles. The highest BCUT2D eigenvalue weighted by atomic mass is 15.3. The molecule has 0 bridgehead atoms. The molecule has 1 aromatic rings. The molecule has 0 saturated carbocycles. The molecule has 0 aliphatic carbocycles. The van der Waals surface area contributed by atoms with Crippen LogP contribution in [0.25, 0.3) is 0 Å². The molecule has 1 fully saturated rings. The van der Waals surface area contributed by atoms with E-state index in [4.69, 9.17) is 0 Å². The number of pyridine rings is 1. The van der Waals surface area contributed by atoms with Gasteiger partial charge in [-0.1, -0.05) is 19.9 Å². The fraction of sp³-hybridized carbons (Fsp3) is 0.667. The Morgan fingerprint density at radius 2 is 2.11 bits per heavy atom. The van der Waals surface area contributed by atoms with Crippen LogP contribution in [0.5, 0.6) is 0 Å². The molecule has 1 aliphatic rings. The van der Waals surface area contributed by atoms with E-state index in [9.17, 15) is 0 Å². The standard InChI is InChI=1S/C15H25N3/c1-4-15(5-2)12-16-9-10-18(15)11-14-8-6-7-13(3)17-14/h6-8,16H,4-5,9-12H2,1-3H3. The monoisotopic (exact) mass is 247 g/mol. The van der Waals surface area contributed by atoms with Crippen LogP contribution in [0.15, 0.2) is 18.2 Å². The number of hydrogen-bond donors (Lipinski definition) is 1. The van der Waals surface area contributed by atoms with Crippen molar-refractivity contribution in [2.45, 2.75) is 45.7 Å². The number of nitrogens with one attached hydrogen (secondary N) is 1. The van der Waals surface area contributed by atoms with Gasteiger partial charge in [-0.15, -0.1) is 0 Å². The van der Waals surface area contributed by atoms with Crippen LogP contribution in [-0.2, 0) is 6.54 Å². The van der Waals surface area contributed by atoms with Gasteiger partial charge in [-0.05, 0) is 31.9 Å². The van der Waals surface area contributed by atoms with Gasteiger partial charge in [-0.2, -0.15) is 0 Å². The number of aryl methyl sites for hydroxylation is 1. The molecular formula is C15H25N3. The zero-order chi connectivity index (χ0) is 13.0. The fourth-order valence-corrected chi connectivity index (χ4v) is 2.96. The average Bonchev–Trinajstić information content (AvgIpc) is 2.40. The molecule has 2 rings (SSSR count). The van der Waals surface area contributed by atoms with Crippen LogP contribution in [-0.4, -0.2) is 35.1 Å². The van der Waals surface area contributed by atoms with E-state index >= 15 is 0 Å². The Balaban J connectivity index is 2.15. The van der Waals surface area contributed by atoms with E-state index in [1.165, 1.54) is 18.5 Å². The Bertz CT molecular complexity index is 385. The highest BCUT2D eigenvalue weighted by molar-refractivity contribution is 5.11. The molecule has 1 N–H and O–H groups in total. The van der Waals surface area contributed by atoms with Crippen molar-refractivity contribution in [3.8, 4) is 0 Å². The second-order valence-electron chi connectivity index (χ2n) is 5.30. The molecule has 0 atom stereocenters. The summed E-state index contributed by atoms with van der Waals surface area (Å²) in [6, 6.07) is 6.32. The van der Waals surface area contributed by atoms with Gasteiger partial charge < -0.3 is 5.32 Å². The van der Waals surface area contributed by atoms with E-state index in [1.807, 2.05) is 0 Å². The lowest BCUT2D eigenvalue weighted by atomic mass is 9.88. The van der Waals surface area contributed by atoms with Gasteiger partial charge in [0.05, 0.1) is 5.69 Å². The summed E-state index contributed by atoms with van der Waals surface area (Å²) in [5.74, 6) is 0. The number of aromatic nitrogens is 1. The quantitative estimate of drug-likeness (QED) is 0.885. The summed E-state index contributed by atoms with van der Waals surface area (Å²) in [5, 5.41) is 3.54. The van der Waals surface area contributed by atoms with E-state index in [0.717, 1.165) is 31.9 Å². The molecule has 3 heteroatoms. The van der Waals surface area contributed by atoms with E-state index in [-0.39, 0.29) is 0 Å². The third kappa shape index (κ3) is 2.73. The van der Waals surface area contributed by atoms with Crippen molar-refractivity contribution < 1.29 is 0 Å². The van der Waals surface area contributed by atoms with Crippen LogP contribution in [0.2, 0.25) is 0 Å². The van der Waals surface area contributed by atoms with Crippen LogP contribution < -0.4 is 5.32 Å². The average molecular weight is 247 g/mol. The second kappa shape index (κ2) is 5.81. The summed E-state index contributed by atoms with van der Waals surface area (Å²) < 4.78 is 0. The first kappa shape index (κ1) is 13.5. The number of nitrogens with zero attached hydrogens (tertiary/aromatic N) is 2. The number of piperazine rings is 1. The number of hydrogen-bond acceptors (Lipinski definition) is 3. The van der Waals surface area contributed by atoms with Gasteiger partial charge in [0.15, 0.2) is 0 Å². The van der Waals surface area contributed by atoms with Crippen molar-refractivity contribution in [2.24, 2.45) is 0 Å². The van der Waals surface area contributed by atoms with Gasteiger partial charge in [-0.3, -0.25) is 9.88 Å². The molecule has 1 aliphatic heterocycles. The maximum Gasteiger partial charge on any atom is 0.0547 e. The van der Waals surface area contributed by atoms with Gasteiger partial charge in [0.2, 0.25) is 0 Å². The van der Waals surface area contributed by atoms with Gasteiger partial charge in [0, 0.05) is 37.4 Å². The topological polar surface area (TPSA) is 28.2 Å². The maximum atomic E-state index is 4.64. The summed E-state index contributed by atoms with van der Waals surface area (Å²) in [4.78, 5) is 7.26. The summed E-state index contributed by atoms with van der Waals surface area (Å²) >= 11 is 0. The zero-order valence-electron chi connectivity index (χ0n) is 11.9. The van der Waals surface area contributed by atoms with E-state index in [2.05, 4.69) is 54.2 Å². The number of rotatable bonds is 4. The molecule has 0 amide bonds. The van der Waals surface area contributed by atoms with E-state index in [0.29, 0.717) is 5.54 Å². The first-order valence-corrected chi connectivity index (χ1v) is 7.08. The molecule has 0 radical (unpaired) electrons. The van der Waals surface area contributed by atoms with Crippen molar-refractivity contribution in [2.75, 3.05) is 19.6 Å². The smallest absolute Gasteiger partial charge is 0.0547 e. The molecule has 0 aromatic carbocycles. The maximum absolute atomic E-state index is 4.64. The molecule has 0 spiro atoms. The SMILES string of the molecule is CCC1(CC)CNCCN1Cc1cccc(C)n1. The van der Waals surface area contributed by atoms with Crippen molar-refractivity contribution in [3.63, 3.8) is 0 Å². The van der Waals surface area contributed by atoms with E-state index in [1.54, 1.807) is 0 Å². The summed E-state index contributed by atoms with van der Waals surface area (Å²) in [7, 11) is 0. The first-order chi connectivity index (χ1) is 8.70. The van der Waals surface area contributed by atoms with Crippen LogP contribution >= 0.6 is 0 Å². The highest BCUT2D eigenvalue weighted by Gasteiger charge is 2.35. The van der Waals surface area contributed by atoms with Crippen LogP contribution in [0, 0.1) is 6.92 Å². The first-order valence-electron chi connectivity index (χ1n) is 7.08. The Hall–Kier alpha value is -0.930. The molecule has 0 unspecified atom stereocenters. The van der Waals surface area contributed by atoms with Crippen LogP contribution in [0.4, 0.5) is 0 Å². The normalized spacial score (nSPS) is 19.9. The largest absolute Gasteiger partial charge is 0.314 e. The van der Waals surface area contributed by atoms with Crippen molar-refractivity contribution in [1.82, 2.24) is 15.2 Å². The molecule has 18 heavy (non-hydrogen) atoms. The summed E-state index contributed by atoms with van der Waals surface area (Å²) in [6.45, 7) is 11.0. The molecular weight excluding hydrogens is 222 g/mol. The predicted molar refractivity (Wildman–Crippen MR) is 75.6 cm³/mol. The predicted octanol–water partition coefficient (Wildman–Crippen LogP) is 2.35. The molecule has 1 saturated heterocycles.